The lowest BCUT2D eigenvalue weighted by molar-refractivity contribution is -0.870. The van der Waals surface area contributed by atoms with Gasteiger partial charge in [-0.2, -0.15) is 0 Å². The second kappa shape index (κ2) is 40.6. The zero-order valence-electron chi connectivity index (χ0n) is 38.6. The Morgan fingerprint density at radius 2 is 0.947 bits per heavy atom. The van der Waals surface area contributed by atoms with Crippen molar-refractivity contribution in [2.24, 2.45) is 0 Å². The summed E-state index contributed by atoms with van der Waals surface area (Å²) in [5, 5.41) is 13.7. The average molecular weight is 829 g/mol. The van der Waals surface area contributed by atoms with Gasteiger partial charge >= 0.3 is 0 Å². The number of rotatable bonds is 45. The van der Waals surface area contributed by atoms with E-state index in [0.717, 1.165) is 38.5 Å². The average Bonchev–Trinajstić information content (AvgIpc) is 3.16. The SMILES string of the molecule is CCCCCCCCC/C=C/C(O)C(COP(=O)([O-])OCC[N+](C)(C)C)NC(=O)CCCCCCCCCCCCCCCCCCCCCCCCCCCC. The Labute approximate surface area is 354 Å². The number of nitrogens with zero attached hydrogens (tertiary/aromatic N) is 1. The van der Waals surface area contributed by atoms with Gasteiger partial charge in [0.05, 0.1) is 39.9 Å². The molecule has 0 aromatic carbocycles. The van der Waals surface area contributed by atoms with Crippen LogP contribution in [0.4, 0.5) is 0 Å². The fourth-order valence-electron chi connectivity index (χ4n) is 7.33. The van der Waals surface area contributed by atoms with Crippen molar-refractivity contribution in [3.8, 4) is 0 Å². The minimum atomic E-state index is -4.58. The van der Waals surface area contributed by atoms with E-state index in [1.165, 1.54) is 180 Å². The van der Waals surface area contributed by atoms with Crippen LogP contribution >= 0.6 is 7.82 Å². The molecule has 0 radical (unpaired) electrons. The Kier molecular flexibility index (Phi) is 40.1. The van der Waals surface area contributed by atoms with E-state index in [1.807, 2.05) is 27.2 Å². The molecule has 0 saturated carbocycles. The van der Waals surface area contributed by atoms with Crippen LogP contribution in [-0.2, 0) is 18.4 Å². The van der Waals surface area contributed by atoms with Crippen LogP contribution in [0.15, 0.2) is 12.2 Å². The van der Waals surface area contributed by atoms with Crippen molar-refractivity contribution in [2.75, 3.05) is 40.9 Å². The summed E-state index contributed by atoms with van der Waals surface area (Å²) < 4.78 is 23.2. The van der Waals surface area contributed by atoms with Gasteiger partial charge in [-0.1, -0.05) is 225 Å². The number of phosphoric ester groups is 1. The van der Waals surface area contributed by atoms with Gasteiger partial charge in [0.25, 0.3) is 7.82 Å². The van der Waals surface area contributed by atoms with Crippen LogP contribution in [-0.4, -0.2) is 68.5 Å². The van der Waals surface area contributed by atoms with Crippen LogP contribution in [0.2, 0.25) is 0 Å². The molecule has 0 aromatic heterocycles. The van der Waals surface area contributed by atoms with Crippen molar-refractivity contribution in [1.29, 1.82) is 0 Å². The molecule has 1 amide bonds. The second-order valence-electron chi connectivity index (χ2n) is 18.2. The molecule has 340 valence electrons. The van der Waals surface area contributed by atoms with Crippen molar-refractivity contribution in [2.45, 2.75) is 251 Å². The molecule has 0 aliphatic carbocycles. The number of hydrogen-bond acceptors (Lipinski definition) is 6. The zero-order chi connectivity index (χ0) is 42.1. The van der Waals surface area contributed by atoms with Crippen molar-refractivity contribution >= 4 is 13.7 Å². The molecule has 0 heterocycles. The van der Waals surface area contributed by atoms with Crippen LogP contribution in [0.5, 0.6) is 0 Å². The summed E-state index contributed by atoms with van der Waals surface area (Å²) in [4.78, 5) is 25.3. The number of aliphatic hydroxyl groups excluding tert-OH is 1. The molecular weight excluding hydrogens is 732 g/mol. The molecule has 3 unspecified atom stereocenters. The summed E-state index contributed by atoms with van der Waals surface area (Å²) in [6.45, 7) is 4.64. The molecule has 0 saturated heterocycles. The first-order chi connectivity index (χ1) is 27.5. The highest BCUT2D eigenvalue weighted by molar-refractivity contribution is 7.45. The summed E-state index contributed by atoms with van der Waals surface area (Å²) in [6, 6.07) is -0.879. The monoisotopic (exact) mass is 829 g/mol. The first-order valence-corrected chi connectivity index (χ1v) is 26.0. The highest BCUT2D eigenvalue weighted by atomic mass is 31.2. The Balaban J connectivity index is 4.05. The number of quaternary nitrogens is 1. The molecular formula is C48H97N2O6P. The molecule has 8 nitrogen and oxygen atoms in total. The predicted molar refractivity (Wildman–Crippen MR) is 242 cm³/mol. The van der Waals surface area contributed by atoms with E-state index in [-0.39, 0.29) is 19.1 Å². The topological polar surface area (TPSA) is 108 Å². The van der Waals surface area contributed by atoms with Crippen LogP contribution < -0.4 is 10.2 Å². The lowest BCUT2D eigenvalue weighted by atomic mass is 10.0. The second-order valence-corrected chi connectivity index (χ2v) is 19.6. The molecule has 0 spiro atoms. The number of likely N-dealkylation sites (N-methyl/N-ethyl adjacent to an activating group) is 1. The fourth-order valence-corrected chi connectivity index (χ4v) is 8.05. The number of carbonyl (C=O) groups excluding carboxylic acids is 1. The number of amides is 1. The number of nitrogens with one attached hydrogen (secondary N) is 1. The molecule has 0 aliphatic rings. The van der Waals surface area contributed by atoms with Gasteiger partial charge in [0.2, 0.25) is 5.91 Å². The van der Waals surface area contributed by atoms with Gasteiger partial charge in [0.15, 0.2) is 0 Å². The quantitative estimate of drug-likeness (QED) is 0.0274. The Hall–Kier alpha value is -0.760. The molecule has 0 aliphatic heterocycles. The van der Waals surface area contributed by atoms with Crippen molar-refractivity contribution in [3.05, 3.63) is 12.2 Å². The minimum absolute atomic E-state index is 0.00180. The smallest absolute Gasteiger partial charge is 0.268 e. The van der Waals surface area contributed by atoms with Crippen LogP contribution in [0.3, 0.4) is 0 Å². The highest BCUT2D eigenvalue weighted by Gasteiger charge is 2.23. The van der Waals surface area contributed by atoms with E-state index in [1.54, 1.807) is 6.08 Å². The van der Waals surface area contributed by atoms with E-state index in [4.69, 9.17) is 9.05 Å². The summed E-state index contributed by atoms with van der Waals surface area (Å²) in [6.07, 6.45) is 47.2. The van der Waals surface area contributed by atoms with E-state index >= 15 is 0 Å². The van der Waals surface area contributed by atoms with Crippen LogP contribution in [0, 0.1) is 0 Å². The van der Waals surface area contributed by atoms with Gasteiger partial charge in [0, 0.05) is 6.42 Å². The normalized spacial score (nSPS) is 14.3. The van der Waals surface area contributed by atoms with E-state index in [9.17, 15) is 19.4 Å². The zero-order valence-corrected chi connectivity index (χ0v) is 39.5. The summed E-state index contributed by atoms with van der Waals surface area (Å²) in [5.41, 5.74) is 0. The van der Waals surface area contributed by atoms with Crippen molar-refractivity contribution < 1.29 is 32.9 Å². The maximum absolute atomic E-state index is 12.8. The van der Waals surface area contributed by atoms with E-state index in [2.05, 4.69) is 19.2 Å². The number of carbonyl (C=O) groups is 1. The van der Waals surface area contributed by atoms with Crippen molar-refractivity contribution in [3.63, 3.8) is 0 Å². The highest BCUT2D eigenvalue weighted by Crippen LogP contribution is 2.38. The molecule has 0 bridgehead atoms. The first kappa shape index (κ1) is 56.2. The molecule has 3 atom stereocenters. The number of aliphatic hydroxyl groups is 1. The molecule has 0 rings (SSSR count). The third-order valence-corrected chi connectivity index (χ3v) is 12.2. The molecule has 0 aromatic rings. The number of hydrogen-bond donors (Lipinski definition) is 2. The number of unbranched alkanes of at least 4 members (excludes halogenated alkanes) is 32. The van der Waals surface area contributed by atoms with Gasteiger partial charge in [0.1, 0.15) is 13.2 Å². The maximum Gasteiger partial charge on any atom is 0.268 e. The molecule has 9 heteroatoms. The predicted octanol–water partition coefficient (Wildman–Crippen LogP) is 13.3. The maximum atomic E-state index is 12.8. The molecule has 57 heavy (non-hydrogen) atoms. The third-order valence-electron chi connectivity index (χ3n) is 11.2. The Morgan fingerprint density at radius 1 is 0.596 bits per heavy atom. The van der Waals surface area contributed by atoms with Crippen LogP contribution in [0.25, 0.3) is 0 Å². The fraction of sp³-hybridized carbons (Fsp3) is 0.938. The summed E-state index contributed by atoms with van der Waals surface area (Å²) in [7, 11) is 1.27. The van der Waals surface area contributed by atoms with Gasteiger partial charge in [-0.15, -0.1) is 0 Å². The number of allylic oxidation sites excluding steroid dienone is 1. The number of phosphoric acid groups is 1. The van der Waals surface area contributed by atoms with E-state index in [0.29, 0.717) is 17.4 Å². The Bertz CT molecular complexity index is 942. The van der Waals surface area contributed by atoms with Gasteiger partial charge in [-0.25, -0.2) is 0 Å². The van der Waals surface area contributed by atoms with Crippen LogP contribution in [0.1, 0.15) is 239 Å². The van der Waals surface area contributed by atoms with Gasteiger partial charge in [-0.05, 0) is 19.3 Å². The first-order valence-electron chi connectivity index (χ1n) is 24.6. The third kappa shape index (κ3) is 43.1. The van der Waals surface area contributed by atoms with Crippen molar-refractivity contribution in [1.82, 2.24) is 5.32 Å². The summed E-state index contributed by atoms with van der Waals surface area (Å²) >= 11 is 0. The van der Waals surface area contributed by atoms with E-state index < -0.39 is 20.0 Å². The standard InChI is InChI=1S/C48H97N2O6P/c1-6-8-10-12-14-16-17-18-19-20-21-22-23-24-25-26-27-28-29-30-31-32-34-36-38-40-42-48(52)49-46(45-56-57(53,54)55-44-43-50(3,4)5)47(51)41-39-37-35-33-15-13-11-9-7-2/h39,41,46-47,51H,6-38,40,42-45H2,1-5H3,(H-,49,52,53,54)/b41-39+. The lowest BCUT2D eigenvalue weighted by Crippen LogP contribution is -2.45. The summed E-state index contributed by atoms with van der Waals surface area (Å²) in [5.74, 6) is -0.195. The minimum Gasteiger partial charge on any atom is -0.756 e. The van der Waals surface area contributed by atoms with Gasteiger partial charge in [-0.3, -0.25) is 9.36 Å². The molecule has 2 N–H and O–H groups in total. The largest absolute Gasteiger partial charge is 0.756 e. The van der Waals surface area contributed by atoms with Gasteiger partial charge < -0.3 is 28.8 Å². The molecule has 0 fully saturated rings. The lowest BCUT2D eigenvalue weighted by Gasteiger charge is -2.29. The Morgan fingerprint density at radius 3 is 1.32 bits per heavy atom.